The van der Waals surface area contributed by atoms with Crippen LogP contribution in [0, 0.1) is 0 Å². The molecule has 1 aliphatic heterocycles. The van der Waals surface area contributed by atoms with Crippen LogP contribution in [0.5, 0.6) is 5.75 Å². The Balaban J connectivity index is 2.48. The highest BCUT2D eigenvalue weighted by Gasteiger charge is 2.38. The molecule has 0 bridgehead atoms. The zero-order valence-electron chi connectivity index (χ0n) is 11.0. The molecule has 0 N–H and O–H groups in total. The minimum Gasteiger partial charge on any atom is -0.431 e. The van der Waals surface area contributed by atoms with Gasteiger partial charge in [0.05, 0.1) is 11.1 Å². The molecule has 0 spiro atoms. The summed E-state index contributed by atoms with van der Waals surface area (Å²) < 4.78 is 15.9. The Kier molecular flexibility index (Phi) is 5.13. The van der Waals surface area contributed by atoms with Gasteiger partial charge in [0.1, 0.15) is 5.75 Å². The topological polar surface area (TPSA) is 21.7 Å². The molecule has 0 amide bonds. The highest BCUT2D eigenvalue weighted by atomic mass is 79.9. The summed E-state index contributed by atoms with van der Waals surface area (Å²) in [7, 11) is 0. The Bertz CT molecular complexity index is 539. The third kappa shape index (κ3) is 3.25. The van der Waals surface area contributed by atoms with E-state index in [9.17, 15) is 0 Å². The highest BCUT2D eigenvalue weighted by Crippen LogP contribution is 2.59. The van der Waals surface area contributed by atoms with Gasteiger partial charge in [-0.2, -0.15) is 0 Å². The van der Waals surface area contributed by atoms with Gasteiger partial charge in [0.25, 0.3) is 0 Å². The number of hydrogen-bond acceptors (Lipinski definition) is 3. The second-order valence-corrected chi connectivity index (χ2v) is 9.59. The SMILES string of the molecule is CCOP1(=S)Oc2c(Br)cc(Br)cc2CN1C(C)C. The van der Waals surface area contributed by atoms with Gasteiger partial charge in [0.2, 0.25) is 0 Å². The lowest BCUT2D eigenvalue weighted by Crippen LogP contribution is -2.33. The predicted octanol–water partition coefficient (Wildman–Crippen LogP) is 5.08. The fraction of sp³-hybridized carbons (Fsp3) is 0.500. The second-order valence-electron chi connectivity index (χ2n) is 4.54. The maximum atomic E-state index is 6.08. The van der Waals surface area contributed by atoms with Crippen molar-refractivity contribution in [3.63, 3.8) is 0 Å². The van der Waals surface area contributed by atoms with E-state index in [0.717, 1.165) is 26.8 Å². The molecule has 19 heavy (non-hydrogen) atoms. The van der Waals surface area contributed by atoms with Crippen LogP contribution in [-0.4, -0.2) is 17.3 Å². The molecule has 0 saturated heterocycles. The lowest BCUT2D eigenvalue weighted by atomic mass is 10.2. The molecule has 0 saturated carbocycles. The zero-order valence-corrected chi connectivity index (χ0v) is 15.9. The molecule has 0 fully saturated rings. The van der Waals surface area contributed by atoms with Crippen LogP contribution >= 0.6 is 38.5 Å². The van der Waals surface area contributed by atoms with E-state index in [-0.39, 0.29) is 6.04 Å². The Labute approximate surface area is 136 Å². The maximum absolute atomic E-state index is 6.08. The molecule has 1 unspecified atom stereocenters. The minimum atomic E-state index is -2.43. The van der Waals surface area contributed by atoms with Gasteiger partial charge in [0, 0.05) is 22.6 Å². The molecule has 106 valence electrons. The van der Waals surface area contributed by atoms with Gasteiger partial charge in [-0.25, -0.2) is 4.67 Å². The van der Waals surface area contributed by atoms with Crippen LogP contribution < -0.4 is 4.52 Å². The van der Waals surface area contributed by atoms with Crippen LogP contribution in [0.25, 0.3) is 0 Å². The Morgan fingerprint density at radius 1 is 1.47 bits per heavy atom. The van der Waals surface area contributed by atoms with E-state index in [2.05, 4.69) is 56.4 Å². The van der Waals surface area contributed by atoms with Crippen LogP contribution in [0.3, 0.4) is 0 Å². The fourth-order valence-corrected chi connectivity index (χ4v) is 6.76. The van der Waals surface area contributed by atoms with E-state index in [0.29, 0.717) is 6.61 Å². The van der Waals surface area contributed by atoms with Crippen LogP contribution in [-0.2, 0) is 22.9 Å². The molecule has 1 aliphatic rings. The number of fused-ring (bicyclic) bond motifs is 1. The van der Waals surface area contributed by atoms with Crippen molar-refractivity contribution in [1.82, 2.24) is 4.67 Å². The van der Waals surface area contributed by atoms with Crippen molar-refractivity contribution in [2.24, 2.45) is 0 Å². The number of halogens is 2. The fourth-order valence-electron chi connectivity index (χ4n) is 1.99. The van der Waals surface area contributed by atoms with E-state index in [4.69, 9.17) is 20.9 Å². The summed E-state index contributed by atoms with van der Waals surface area (Å²) in [4.78, 5) is 0. The number of nitrogens with zero attached hydrogens (tertiary/aromatic N) is 1. The van der Waals surface area contributed by atoms with Gasteiger partial charge in [-0.3, -0.25) is 0 Å². The molecule has 0 aliphatic carbocycles. The monoisotopic (exact) mass is 427 g/mol. The number of hydrogen-bond donors (Lipinski definition) is 0. The van der Waals surface area contributed by atoms with E-state index in [1.807, 2.05) is 13.0 Å². The van der Waals surface area contributed by atoms with Crippen molar-refractivity contribution in [2.75, 3.05) is 6.61 Å². The molecular formula is C12H16Br2NO2PS. The number of rotatable bonds is 3. The van der Waals surface area contributed by atoms with E-state index in [1.54, 1.807) is 0 Å². The highest BCUT2D eigenvalue weighted by molar-refractivity contribution is 9.11. The number of benzene rings is 1. The first-order chi connectivity index (χ1) is 8.87. The lowest BCUT2D eigenvalue weighted by Gasteiger charge is -2.40. The molecular weight excluding hydrogens is 413 g/mol. The zero-order chi connectivity index (χ0) is 14.2. The molecule has 1 aromatic carbocycles. The molecule has 7 heteroatoms. The first-order valence-electron chi connectivity index (χ1n) is 6.06. The summed E-state index contributed by atoms with van der Waals surface area (Å²) in [6.07, 6.45) is 0. The average Bonchev–Trinajstić information content (AvgIpc) is 2.29. The normalized spacial score (nSPS) is 23.3. The Morgan fingerprint density at radius 2 is 2.16 bits per heavy atom. The van der Waals surface area contributed by atoms with Crippen molar-refractivity contribution in [3.8, 4) is 5.75 Å². The smallest absolute Gasteiger partial charge is 0.316 e. The maximum Gasteiger partial charge on any atom is 0.316 e. The van der Waals surface area contributed by atoms with Gasteiger partial charge in [-0.05, 0) is 60.6 Å². The second kappa shape index (κ2) is 6.12. The molecule has 1 heterocycles. The minimum absolute atomic E-state index is 0.281. The van der Waals surface area contributed by atoms with Crippen LogP contribution in [0.4, 0.5) is 0 Å². The predicted molar refractivity (Wildman–Crippen MR) is 89.1 cm³/mol. The Hall–Kier alpha value is 0.550. The molecule has 1 atom stereocenters. The molecule has 2 rings (SSSR count). The van der Waals surface area contributed by atoms with E-state index >= 15 is 0 Å². The summed E-state index contributed by atoms with van der Waals surface area (Å²) in [5.41, 5.74) is 1.12. The largest absolute Gasteiger partial charge is 0.431 e. The summed E-state index contributed by atoms with van der Waals surface area (Å²) in [6, 6.07) is 4.32. The quantitative estimate of drug-likeness (QED) is 0.626. The van der Waals surface area contributed by atoms with Crippen LogP contribution in [0.15, 0.2) is 21.1 Å². The standard InChI is InChI=1S/C12H16Br2NO2PS/c1-4-16-18(19)15(8(2)3)7-9-5-10(13)6-11(14)12(9)17-18/h5-6,8H,4,7H2,1-3H3. The third-order valence-corrected chi connectivity index (χ3v) is 7.27. The van der Waals surface area contributed by atoms with Crippen molar-refractivity contribution >= 4 is 50.3 Å². The molecule has 3 nitrogen and oxygen atoms in total. The van der Waals surface area contributed by atoms with Gasteiger partial charge in [0.15, 0.2) is 0 Å². The molecule has 0 aromatic heterocycles. The summed E-state index contributed by atoms with van der Waals surface area (Å²) >= 11 is 12.7. The molecule has 0 radical (unpaired) electrons. The van der Waals surface area contributed by atoms with Gasteiger partial charge < -0.3 is 9.05 Å². The van der Waals surface area contributed by atoms with Crippen molar-refractivity contribution < 1.29 is 9.05 Å². The summed E-state index contributed by atoms with van der Waals surface area (Å²) in [5, 5.41) is 0. The summed E-state index contributed by atoms with van der Waals surface area (Å²) in [6.45, 7) is 5.05. The molecule has 1 aromatic rings. The van der Waals surface area contributed by atoms with Gasteiger partial charge >= 0.3 is 6.64 Å². The van der Waals surface area contributed by atoms with Crippen LogP contribution in [0.1, 0.15) is 26.3 Å². The van der Waals surface area contributed by atoms with Gasteiger partial charge in [-0.1, -0.05) is 15.9 Å². The summed E-state index contributed by atoms with van der Waals surface area (Å²) in [5.74, 6) is 0.817. The first kappa shape index (κ1) is 15.9. The Morgan fingerprint density at radius 3 is 2.74 bits per heavy atom. The van der Waals surface area contributed by atoms with Crippen molar-refractivity contribution in [3.05, 3.63) is 26.6 Å². The van der Waals surface area contributed by atoms with Crippen LogP contribution in [0.2, 0.25) is 0 Å². The average molecular weight is 429 g/mol. The third-order valence-electron chi connectivity index (χ3n) is 2.83. The van der Waals surface area contributed by atoms with Crippen molar-refractivity contribution in [2.45, 2.75) is 33.4 Å². The van der Waals surface area contributed by atoms with Crippen molar-refractivity contribution in [1.29, 1.82) is 0 Å². The van der Waals surface area contributed by atoms with Gasteiger partial charge in [-0.15, -0.1) is 0 Å². The lowest BCUT2D eigenvalue weighted by molar-refractivity contribution is 0.227. The van der Waals surface area contributed by atoms with E-state index < -0.39 is 6.64 Å². The van der Waals surface area contributed by atoms with E-state index in [1.165, 1.54) is 0 Å². The first-order valence-corrected chi connectivity index (χ1v) is 10.2.